The molecule has 0 spiro atoms. The first-order valence-corrected chi connectivity index (χ1v) is 11.8. The molecule has 0 bridgehead atoms. The summed E-state index contributed by atoms with van der Waals surface area (Å²) in [6.45, 7) is 2.05. The third-order valence-electron chi connectivity index (χ3n) is 6.08. The van der Waals surface area contributed by atoms with Gasteiger partial charge < -0.3 is 14.4 Å². The molecule has 2 aliphatic rings. The molecule has 2 unspecified atom stereocenters. The summed E-state index contributed by atoms with van der Waals surface area (Å²) >= 11 is 6.72. The van der Waals surface area contributed by atoms with Gasteiger partial charge in [-0.15, -0.1) is 0 Å². The molecule has 1 amide bonds. The first kappa shape index (κ1) is 22.6. The minimum absolute atomic E-state index is 0.159. The molecule has 1 aromatic heterocycles. The van der Waals surface area contributed by atoms with Gasteiger partial charge in [-0.2, -0.15) is 0 Å². The molecular weight excluding hydrogens is 444 g/mol. The van der Waals surface area contributed by atoms with E-state index in [1.54, 1.807) is 11.0 Å². The number of carbonyl (C=O) groups excluding carboxylic acids is 1. The zero-order valence-electron chi connectivity index (χ0n) is 18.3. The maximum absolute atomic E-state index is 13.1. The first-order valence-electron chi connectivity index (χ1n) is 10.6. The van der Waals surface area contributed by atoms with Gasteiger partial charge >= 0.3 is 5.97 Å². The van der Waals surface area contributed by atoms with E-state index >= 15 is 0 Å². The topological polar surface area (TPSA) is 74.0 Å². The van der Waals surface area contributed by atoms with Crippen molar-refractivity contribution in [3.8, 4) is 11.3 Å². The van der Waals surface area contributed by atoms with E-state index in [4.69, 9.17) is 16.6 Å². The van der Waals surface area contributed by atoms with Crippen LogP contribution in [0.5, 0.6) is 0 Å². The number of amides is 1. The molecule has 6 nitrogen and oxygen atoms in total. The van der Waals surface area contributed by atoms with Crippen molar-refractivity contribution in [1.29, 1.82) is 0 Å². The highest BCUT2D eigenvalue weighted by molar-refractivity contribution is 8.26. The molecule has 2 fully saturated rings. The highest BCUT2D eigenvalue weighted by Gasteiger charge is 2.40. The van der Waals surface area contributed by atoms with Crippen molar-refractivity contribution < 1.29 is 19.1 Å². The van der Waals surface area contributed by atoms with E-state index in [0.29, 0.717) is 27.8 Å². The number of nitrogens with zero attached hydrogens (tertiary/aromatic N) is 2. The van der Waals surface area contributed by atoms with Gasteiger partial charge in [-0.25, -0.2) is 0 Å². The van der Waals surface area contributed by atoms with Crippen LogP contribution >= 0.6 is 24.0 Å². The second-order valence-electron chi connectivity index (χ2n) is 8.50. The molecule has 2 aromatic rings. The number of aliphatic carboxylic acids is 1. The maximum atomic E-state index is 13.1. The van der Waals surface area contributed by atoms with E-state index in [2.05, 4.69) is 11.0 Å². The molecule has 8 heteroatoms. The van der Waals surface area contributed by atoms with Crippen LogP contribution in [0.3, 0.4) is 0 Å². The van der Waals surface area contributed by atoms with E-state index in [-0.39, 0.29) is 11.9 Å². The highest BCUT2D eigenvalue weighted by Crippen LogP contribution is 2.39. The van der Waals surface area contributed by atoms with Crippen LogP contribution in [0.25, 0.3) is 17.4 Å². The fourth-order valence-electron chi connectivity index (χ4n) is 4.32. The summed E-state index contributed by atoms with van der Waals surface area (Å²) in [6.07, 6.45) is 4.38. The number of hydrogen-bond donors (Lipinski definition) is 1. The van der Waals surface area contributed by atoms with Gasteiger partial charge in [0.2, 0.25) is 0 Å². The molecule has 4 rings (SSSR count). The summed E-state index contributed by atoms with van der Waals surface area (Å²) in [4.78, 5) is 28.7. The Morgan fingerprint density at radius 3 is 2.75 bits per heavy atom. The van der Waals surface area contributed by atoms with Crippen molar-refractivity contribution in [2.24, 2.45) is 5.92 Å². The van der Waals surface area contributed by atoms with Crippen LogP contribution in [0.1, 0.15) is 37.0 Å². The second-order valence-corrected chi connectivity index (χ2v) is 10.2. The largest absolute Gasteiger partial charge is 0.481 e. The molecule has 1 aromatic carbocycles. The summed E-state index contributed by atoms with van der Waals surface area (Å²) < 4.78 is 6.52. The Morgan fingerprint density at radius 2 is 2.06 bits per heavy atom. The third-order valence-corrected chi connectivity index (χ3v) is 7.41. The van der Waals surface area contributed by atoms with Gasteiger partial charge in [-0.1, -0.05) is 30.4 Å². The lowest BCUT2D eigenvalue weighted by atomic mass is 9.85. The van der Waals surface area contributed by atoms with Gasteiger partial charge in [0.25, 0.3) is 5.91 Å². The van der Waals surface area contributed by atoms with Gasteiger partial charge in [0.05, 0.1) is 10.8 Å². The zero-order chi connectivity index (χ0) is 23.0. The average molecular weight is 471 g/mol. The van der Waals surface area contributed by atoms with Crippen LogP contribution in [0.15, 0.2) is 39.7 Å². The second kappa shape index (κ2) is 9.11. The monoisotopic (exact) mass is 470 g/mol. The van der Waals surface area contributed by atoms with Gasteiger partial charge in [-0.3, -0.25) is 14.5 Å². The minimum atomic E-state index is -0.798. The number of benzene rings is 1. The molecule has 1 saturated heterocycles. The van der Waals surface area contributed by atoms with Crippen LogP contribution in [-0.2, 0) is 9.59 Å². The van der Waals surface area contributed by atoms with Crippen molar-refractivity contribution in [2.75, 3.05) is 19.0 Å². The molecule has 0 radical (unpaired) electrons. The van der Waals surface area contributed by atoms with Crippen LogP contribution in [0.2, 0.25) is 0 Å². The van der Waals surface area contributed by atoms with Gasteiger partial charge in [0, 0.05) is 37.5 Å². The van der Waals surface area contributed by atoms with Crippen LogP contribution in [0, 0.1) is 12.8 Å². The Balaban J connectivity index is 1.53. The number of furan rings is 1. The summed E-state index contributed by atoms with van der Waals surface area (Å²) in [5, 5.41) is 9.37. The number of rotatable bonds is 5. The fourth-order valence-corrected chi connectivity index (χ4v) is 5.70. The lowest BCUT2D eigenvalue weighted by Gasteiger charge is -2.32. The third kappa shape index (κ3) is 4.47. The zero-order valence-corrected chi connectivity index (χ0v) is 20.0. The Hall–Kier alpha value is -2.58. The normalized spacial score (nSPS) is 22.6. The quantitative estimate of drug-likeness (QED) is 0.478. The van der Waals surface area contributed by atoms with Crippen molar-refractivity contribution >= 4 is 51.9 Å². The van der Waals surface area contributed by atoms with E-state index in [9.17, 15) is 14.7 Å². The van der Waals surface area contributed by atoms with Gasteiger partial charge in [-0.05, 0) is 62.1 Å². The van der Waals surface area contributed by atoms with Crippen LogP contribution < -0.4 is 4.90 Å². The molecule has 2 heterocycles. The molecule has 1 N–H and O–H groups in total. The van der Waals surface area contributed by atoms with Gasteiger partial charge in [0.1, 0.15) is 15.8 Å². The summed E-state index contributed by atoms with van der Waals surface area (Å²) in [7, 11) is 4.01. The molecule has 2 atom stereocenters. The summed E-state index contributed by atoms with van der Waals surface area (Å²) in [5.74, 6) is -0.0555. The molecule has 1 aliphatic heterocycles. The van der Waals surface area contributed by atoms with Crippen molar-refractivity contribution in [2.45, 2.75) is 38.6 Å². The number of carboxylic acid groups (broad SMARTS) is 1. The number of carboxylic acids is 1. The number of thioether (sulfide) groups is 1. The van der Waals surface area contributed by atoms with E-state index in [1.165, 1.54) is 11.8 Å². The Bertz CT molecular complexity index is 1110. The van der Waals surface area contributed by atoms with Crippen molar-refractivity contribution in [3.05, 3.63) is 46.6 Å². The van der Waals surface area contributed by atoms with Gasteiger partial charge in [0.15, 0.2) is 0 Å². The summed E-state index contributed by atoms with van der Waals surface area (Å²) in [5.41, 5.74) is 3.23. The predicted molar refractivity (Wildman–Crippen MR) is 132 cm³/mol. The number of aryl methyl sites for hydroxylation is 1. The standard InChI is InChI=1S/C24H26N2O4S2/c1-14-11-16(25(2)3)7-9-19(14)20-10-8-18(30-20)13-21-22(27)26(24(31)32-21)17-6-4-5-15(12-17)23(28)29/h7-11,13,15,17H,4-6,12H2,1-3H3,(H,28,29)/b21-13+. The fraction of sp³-hybridized carbons (Fsp3) is 0.375. The number of hydrogen-bond acceptors (Lipinski definition) is 6. The molecule has 1 aliphatic carbocycles. The SMILES string of the molecule is Cc1cc(N(C)C)ccc1-c1ccc(/C=C2/SC(=S)N(C3CCCC(C(=O)O)C3)C2=O)o1. The smallest absolute Gasteiger partial charge is 0.306 e. The first-order chi connectivity index (χ1) is 15.2. The Kier molecular flexibility index (Phi) is 6.44. The van der Waals surface area contributed by atoms with E-state index in [0.717, 1.165) is 35.4 Å². The predicted octanol–water partition coefficient (Wildman–Crippen LogP) is 5.17. The lowest BCUT2D eigenvalue weighted by molar-refractivity contribution is -0.144. The van der Waals surface area contributed by atoms with Crippen molar-refractivity contribution in [1.82, 2.24) is 4.90 Å². The number of thiocarbonyl (C=S) groups is 1. The maximum Gasteiger partial charge on any atom is 0.306 e. The van der Waals surface area contributed by atoms with Crippen LogP contribution in [0.4, 0.5) is 5.69 Å². The lowest BCUT2D eigenvalue weighted by Crippen LogP contribution is -2.42. The Labute approximate surface area is 197 Å². The number of anilines is 1. The molecule has 1 saturated carbocycles. The average Bonchev–Trinajstić information content (AvgIpc) is 3.32. The molecular formula is C24H26N2O4S2. The molecule has 168 valence electrons. The summed E-state index contributed by atoms with van der Waals surface area (Å²) in [6, 6.07) is 9.79. The van der Waals surface area contributed by atoms with E-state index < -0.39 is 11.9 Å². The van der Waals surface area contributed by atoms with Crippen molar-refractivity contribution in [3.63, 3.8) is 0 Å². The van der Waals surface area contributed by atoms with Crippen LogP contribution in [-0.4, -0.2) is 46.3 Å². The number of carbonyl (C=O) groups is 2. The molecule has 32 heavy (non-hydrogen) atoms. The highest BCUT2D eigenvalue weighted by atomic mass is 32.2. The van der Waals surface area contributed by atoms with E-state index in [1.807, 2.05) is 45.3 Å². The minimum Gasteiger partial charge on any atom is -0.481 e. The Morgan fingerprint density at radius 1 is 1.28 bits per heavy atom.